The molecule has 2 rings (SSSR count). The highest BCUT2D eigenvalue weighted by atomic mass is 19.4. The summed E-state index contributed by atoms with van der Waals surface area (Å²) in [5, 5.41) is 3.21. The van der Waals surface area contributed by atoms with E-state index in [2.05, 4.69) is 5.32 Å². The van der Waals surface area contributed by atoms with Crippen molar-refractivity contribution in [1.29, 1.82) is 0 Å². The third kappa shape index (κ3) is 3.95. The van der Waals surface area contributed by atoms with Crippen molar-refractivity contribution in [2.75, 3.05) is 13.1 Å². The van der Waals surface area contributed by atoms with E-state index < -0.39 is 17.6 Å². The Kier molecular flexibility index (Phi) is 4.88. The second-order valence-electron chi connectivity index (χ2n) is 5.71. The fourth-order valence-electron chi connectivity index (χ4n) is 2.82. The van der Waals surface area contributed by atoms with Gasteiger partial charge in [-0.15, -0.1) is 0 Å². The van der Waals surface area contributed by atoms with E-state index in [1.807, 2.05) is 18.7 Å². The predicted molar refractivity (Wildman–Crippen MR) is 73.4 cm³/mol. The van der Waals surface area contributed by atoms with Gasteiger partial charge in [-0.2, -0.15) is 13.2 Å². The molecule has 1 aliphatic rings. The molecule has 0 aliphatic carbocycles. The van der Waals surface area contributed by atoms with Crippen molar-refractivity contribution >= 4 is 0 Å². The van der Waals surface area contributed by atoms with E-state index in [1.54, 1.807) is 0 Å². The zero-order chi connectivity index (χ0) is 15.6. The zero-order valence-electron chi connectivity index (χ0n) is 12.2. The van der Waals surface area contributed by atoms with Crippen LogP contribution in [0.4, 0.5) is 17.6 Å². The Hall–Kier alpha value is -1.14. The van der Waals surface area contributed by atoms with Crippen LogP contribution < -0.4 is 5.32 Å². The molecule has 0 aromatic heterocycles. The number of nitrogens with one attached hydrogen (secondary N) is 1. The number of hydrogen-bond donors (Lipinski definition) is 1. The Bertz CT molecular complexity index is 479. The molecule has 21 heavy (non-hydrogen) atoms. The molecule has 0 radical (unpaired) electrons. The predicted octanol–water partition coefficient (Wildman–Crippen LogP) is 3.42. The van der Waals surface area contributed by atoms with Gasteiger partial charge in [0.15, 0.2) is 0 Å². The number of alkyl halides is 3. The first-order chi connectivity index (χ1) is 9.79. The molecule has 1 heterocycles. The summed E-state index contributed by atoms with van der Waals surface area (Å²) in [6, 6.07) is 2.98. The minimum absolute atomic E-state index is 0.00287. The maximum absolute atomic E-state index is 13.4. The van der Waals surface area contributed by atoms with E-state index in [4.69, 9.17) is 0 Å². The minimum atomic E-state index is -4.46. The lowest BCUT2D eigenvalue weighted by atomic mass is 10.0. The van der Waals surface area contributed by atoms with E-state index in [-0.39, 0.29) is 24.2 Å². The summed E-state index contributed by atoms with van der Waals surface area (Å²) >= 11 is 0. The number of nitrogens with zero attached hydrogens (tertiary/aromatic N) is 1. The Balaban J connectivity index is 2.29. The lowest BCUT2D eigenvalue weighted by molar-refractivity contribution is -0.138. The van der Waals surface area contributed by atoms with Crippen LogP contribution in [-0.2, 0) is 12.7 Å². The van der Waals surface area contributed by atoms with Crippen LogP contribution in [0.15, 0.2) is 18.2 Å². The molecule has 0 amide bonds. The van der Waals surface area contributed by atoms with Crippen molar-refractivity contribution in [2.24, 2.45) is 0 Å². The highest BCUT2D eigenvalue weighted by Crippen LogP contribution is 2.33. The maximum Gasteiger partial charge on any atom is 0.416 e. The molecule has 118 valence electrons. The molecule has 0 bridgehead atoms. The van der Waals surface area contributed by atoms with E-state index in [0.717, 1.165) is 37.7 Å². The van der Waals surface area contributed by atoms with Crippen molar-refractivity contribution in [3.63, 3.8) is 0 Å². The lowest BCUT2D eigenvalue weighted by Crippen LogP contribution is -2.41. The Morgan fingerprint density at radius 1 is 1.33 bits per heavy atom. The number of benzene rings is 1. The highest BCUT2D eigenvalue weighted by Gasteiger charge is 2.35. The van der Waals surface area contributed by atoms with Gasteiger partial charge in [0.1, 0.15) is 5.82 Å². The molecule has 1 atom stereocenters. The highest BCUT2D eigenvalue weighted by molar-refractivity contribution is 5.30. The summed E-state index contributed by atoms with van der Waals surface area (Å²) in [6.07, 6.45) is -3.56. The second-order valence-corrected chi connectivity index (χ2v) is 5.71. The molecule has 0 spiro atoms. The molecular formula is C15H20F4N2. The quantitative estimate of drug-likeness (QED) is 0.858. The van der Waals surface area contributed by atoms with Crippen LogP contribution >= 0.6 is 0 Å². The van der Waals surface area contributed by atoms with Gasteiger partial charge in [0.05, 0.1) is 5.56 Å². The maximum atomic E-state index is 13.4. The first-order valence-electron chi connectivity index (χ1n) is 7.11. The number of rotatable bonds is 4. The number of halogens is 4. The van der Waals surface area contributed by atoms with Crippen molar-refractivity contribution in [3.8, 4) is 0 Å². The summed E-state index contributed by atoms with van der Waals surface area (Å²) in [5.41, 5.74) is -0.747. The van der Waals surface area contributed by atoms with Crippen molar-refractivity contribution in [1.82, 2.24) is 10.2 Å². The van der Waals surface area contributed by atoms with E-state index >= 15 is 0 Å². The van der Waals surface area contributed by atoms with Gasteiger partial charge in [-0.05, 0) is 50.6 Å². The van der Waals surface area contributed by atoms with Gasteiger partial charge in [0, 0.05) is 25.2 Å². The molecule has 1 aromatic carbocycles. The molecule has 1 aliphatic heterocycles. The fourth-order valence-corrected chi connectivity index (χ4v) is 2.82. The molecule has 0 unspecified atom stereocenters. The van der Waals surface area contributed by atoms with Crippen LogP contribution in [0, 0.1) is 5.82 Å². The van der Waals surface area contributed by atoms with Gasteiger partial charge in [-0.25, -0.2) is 4.39 Å². The topological polar surface area (TPSA) is 15.3 Å². The SMILES string of the molecule is CC(C)N(Cc1cc(F)ccc1C(F)(F)F)[C@H]1CCNC1. The van der Waals surface area contributed by atoms with Gasteiger partial charge in [0.2, 0.25) is 0 Å². The summed E-state index contributed by atoms with van der Waals surface area (Å²) < 4.78 is 52.5. The fraction of sp³-hybridized carbons (Fsp3) is 0.600. The molecule has 1 aromatic rings. The summed E-state index contributed by atoms with van der Waals surface area (Å²) in [7, 11) is 0. The first-order valence-corrected chi connectivity index (χ1v) is 7.11. The van der Waals surface area contributed by atoms with Crippen LogP contribution in [0.2, 0.25) is 0 Å². The van der Waals surface area contributed by atoms with Gasteiger partial charge in [-0.1, -0.05) is 0 Å². The first kappa shape index (κ1) is 16.2. The van der Waals surface area contributed by atoms with Gasteiger partial charge < -0.3 is 5.32 Å². The number of hydrogen-bond acceptors (Lipinski definition) is 2. The van der Waals surface area contributed by atoms with Gasteiger partial charge in [0.25, 0.3) is 0 Å². The third-order valence-electron chi connectivity index (χ3n) is 3.89. The van der Waals surface area contributed by atoms with E-state index in [0.29, 0.717) is 0 Å². The Morgan fingerprint density at radius 2 is 2.05 bits per heavy atom. The molecular weight excluding hydrogens is 284 g/mol. The molecule has 1 fully saturated rings. The third-order valence-corrected chi connectivity index (χ3v) is 3.89. The largest absolute Gasteiger partial charge is 0.416 e. The Labute approximate surface area is 122 Å². The summed E-state index contributed by atoms with van der Waals surface area (Å²) in [5.74, 6) is -0.633. The lowest BCUT2D eigenvalue weighted by Gasteiger charge is -2.33. The standard InChI is InChI=1S/C15H20F4N2/c1-10(2)21(13-5-6-20-8-13)9-11-7-12(16)3-4-14(11)15(17,18)19/h3-4,7,10,13,20H,5-6,8-9H2,1-2H3/t13-/m0/s1. The normalized spacial score (nSPS) is 19.7. The van der Waals surface area contributed by atoms with Crippen LogP contribution in [0.25, 0.3) is 0 Å². The average molecular weight is 304 g/mol. The molecule has 0 saturated carbocycles. The van der Waals surface area contributed by atoms with Crippen molar-refractivity contribution in [3.05, 3.63) is 35.1 Å². The van der Waals surface area contributed by atoms with Crippen LogP contribution in [0.1, 0.15) is 31.4 Å². The van der Waals surface area contributed by atoms with Gasteiger partial charge >= 0.3 is 6.18 Å². The summed E-state index contributed by atoms with van der Waals surface area (Å²) in [6.45, 7) is 5.63. The van der Waals surface area contributed by atoms with Crippen LogP contribution in [0.5, 0.6) is 0 Å². The molecule has 1 saturated heterocycles. The average Bonchev–Trinajstić information content (AvgIpc) is 2.87. The van der Waals surface area contributed by atoms with E-state index in [9.17, 15) is 17.6 Å². The monoisotopic (exact) mass is 304 g/mol. The smallest absolute Gasteiger partial charge is 0.315 e. The van der Waals surface area contributed by atoms with Crippen LogP contribution in [0.3, 0.4) is 0 Å². The van der Waals surface area contributed by atoms with Crippen LogP contribution in [-0.4, -0.2) is 30.1 Å². The van der Waals surface area contributed by atoms with Gasteiger partial charge in [-0.3, -0.25) is 4.90 Å². The van der Waals surface area contributed by atoms with Crippen molar-refractivity contribution < 1.29 is 17.6 Å². The minimum Gasteiger partial charge on any atom is -0.315 e. The molecule has 1 N–H and O–H groups in total. The van der Waals surface area contributed by atoms with E-state index in [1.165, 1.54) is 0 Å². The Morgan fingerprint density at radius 3 is 2.57 bits per heavy atom. The second kappa shape index (κ2) is 6.32. The van der Waals surface area contributed by atoms with Crippen molar-refractivity contribution in [2.45, 2.75) is 45.1 Å². The molecule has 2 nitrogen and oxygen atoms in total. The molecule has 6 heteroatoms. The summed E-state index contributed by atoms with van der Waals surface area (Å²) in [4.78, 5) is 2.00. The zero-order valence-corrected chi connectivity index (χ0v) is 12.2.